The molecule has 6 heteroatoms. The van der Waals surface area contributed by atoms with E-state index in [0.29, 0.717) is 23.6 Å². The van der Waals surface area contributed by atoms with Crippen molar-refractivity contribution in [3.05, 3.63) is 96.3 Å². The quantitative estimate of drug-likeness (QED) is 0.554. The lowest BCUT2D eigenvalue weighted by Gasteiger charge is -2.11. The van der Waals surface area contributed by atoms with Gasteiger partial charge in [0, 0.05) is 24.2 Å². The Bertz CT molecular complexity index is 1040. The van der Waals surface area contributed by atoms with E-state index in [4.69, 9.17) is 4.42 Å². The van der Waals surface area contributed by atoms with E-state index in [1.54, 1.807) is 35.6 Å². The van der Waals surface area contributed by atoms with Crippen LogP contribution in [-0.4, -0.2) is 20.7 Å². The average molecular weight is 372 g/mol. The second-order valence-corrected chi connectivity index (χ2v) is 6.53. The van der Waals surface area contributed by atoms with Crippen molar-refractivity contribution in [1.29, 1.82) is 0 Å². The van der Waals surface area contributed by atoms with Gasteiger partial charge in [0.05, 0.1) is 24.4 Å². The SMILES string of the molecule is CC(NC(=O)c1cn(Cc2ccccc2)nc1-c1cccnc1)c1ccco1. The van der Waals surface area contributed by atoms with E-state index >= 15 is 0 Å². The van der Waals surface area contributed by atoms with Crippen LogP contribution in [0.2, 0.25) is 0 Å². The molecule has 6 nitrogen and oxygen atoms in total. The molecule has 3 heterocycles. The Balaban J connectivity index is 1.65. The molecule has 0 saturated heterocycles. The van der Waals surface area contributed by atoms with Crippen molar-refractivity contribution in [2.24, 2.45) is 0 Å². The van der Waals surface area contributed by atoms with Crippen molar-refractivity contribution in [2.45, 2.75) is 19.5 Å². The van der Waals surface area contributed by atoms with Crippen molar-refractivity contribution >= 4 is 5.91 Å². The molecule has 140 valence electrons. The Morgan fingerprint density at radius 3 is 2.71 bits per heavy atom. The number of carbonyl (C=O) groups is 1. The molecular formula is C22H20N4O2. The van der Waals surface area contributed by atoms with E-state index in [0.717, 1.165) is 11.1 Å². The van der Waals surface area contributed by atoms with Crippen molar-refractivity contribution in [3.63, 3.8) is 0 Å². The van der Waals surface area contributed by atoms with E-state index in [2.05, 4.69) is 15.4 Å². The summed E-state index contributed by atoms with van der Waals surface area (Å²) in [4.78, 5) is 17.1. The minimum absolute atomic E-state index is 0.206. The van der Waals surface area contributed by atoms with Gasteiger partial charge in [0.25, 0.3) is 5.91 Å². The number of benzene rings is 1. The maximum atomic E-state index is 13.0. The zero-order chi connectivity index (χ0) is 19.3. The largest absolute Gasteiger partial charge is 0.467 e. The number of amides is 1. The molecule has 4 rings (SSSR count). The Kier molecular flexibility index (Phi) is 5.01. The Morgan fingerprint density at radius 1 is 1.14 bits per heavy atom. The lowest BCUT2D eigenvalue weighted by Crippen LogP contribution is -2.26. The van der Waals surface area contributed by atoms with Crippen LogP contribution in [-0.2, 0) is 6.54 Å². The molecule has 0 bridgehead atoms. The summed E-state index contributed by atoms with van der Waals surface area (Å²) in [6.45, 7) is 2.46. The van der Waals surface area contributed by atoms with Gasteiger partial charge in [-0.2, -0.15) is 5.10 Å². The number of aromatic nitrogens is 3. The van der Waals surface area contributed by atoms with Gasteiger partial charge < -0.3 is 9.73 Å². The summed E-state index contributed by atoms with van der Waals surface area (Å²) >= 11 is 0. The maximum absolute atomic E-state index is 13.0. The molecule has 3 aromatic heterocycles. The highest BCUT2D eigenvalue weighted by Gasteiger charge is 2.21. The van der Waals surface area contributed by atoms with E-state index in [-0.39, 0.29) is 11.9 Å². The fraction of sp³-hybridized carbons (Fsp3) is 0.136. The summed E-state index contributed by atoms with van der Waals surface area (Å²) in [7, 11) is 0. The topological polar surface area (TPSA) is 73.0 Å². The molecule has 1 unspecified atom stereocenters. The number of nitrogens with one attached hydrogen (secondary N) is 1. The van der Waals surface area contributed by atoms with Crippen LogP contribution in [0.4, 0.5) is 0 Å². The van der Waals surface area contributed by atoms with E-state index < -0.39 is 0 Å². The van der Waals surface area contributed by atoms with Crippen LogP contribution in [0.3, 0.4) is 0 Å². The first-order chi connectivity index (χ1) is 13.7. The molecule has 1 aromatic carbocycles. The van der Waals surface area contributed by atoms with Crippen LogP contribution < -0.4 is 5.32 Å². The van der Waals surface area contributed by atoms with E-state index in [1.165, 1.54) is 0 Å². The normalized spacial score (nSPS) is 11.9. The molecule has 0 spiro atoms. The molecule has 28 heavy (non-hydrogen) atoms. The van der Waals surface area contributed by atoms with Gasteiger partial charge in [-0.25, -0.2) is 0 Å². The Morgan fingerprint density at radius 2 is 2.00 bits per heavy atom. The summed E-state index contributed by atoms with van der Waals surface area (Å²) in [6, 6.07) is 17.1. The molecule has 0 fully saturated rings. The highest BCUT2D eigenvalue weighted by atomic mass is 16.3. The van der Waals surface area contributed by atoms with Gasteiger partial charge in [0.1, 0.15) is 11.5 Å². The third kappa shape index (κ3) is 3.86. The predicted octanol–water partition coefficient (Wildman–Crippen LogP) is 4.08. The van der Waals surface area contributed by atoms with Gasteiger partial charge in [0.2, 0.25) is 0 Å². The van der Waals surface area contributed by atoms with Crippen molar-refractivity contribution < 1.29 is 9.21 Å². The van der Waals surface area contributed by atoms with Gasteiger partial charge in [-0.15, -0.1) is 0 Å². The molecule has 0 aliphatic rings. The van der Waals surface area contributed by atoms with Crippen molar-refractivity contribution in [2.75, 3.05) is 0 Å². The highest BCUT2D eigenvalue weighted by molar-refractivity contribution is 5.99. The van der Waals surface area contributed by atoms with Crippen LogP contribution >= 0.6 is 0 Å². The minimum atomic E-state index is -0.248. The average Bonchev–Trinajstić information content (AvgIpc) is 3.40. The Hall–Kier alpha value is -3.67. The molecule has 4 aromatic rings. The molecule has 0 aliphatic heterocycles. The molecule has 0 saturated carbocycles. The molecule has 1 amide bonds. The highest BCUT2D eigenvalue weighted by Crippen LogP contribution is 2.23. The molecule has 1 N–H and O–H groups in total. The van der Waals surface area contributed by atoms with Gasteiger partial charge in [0.15, 0.2) is 0 Å². The number of rotatable bonds is 6. The first kappa shape index (κ1) is 17.7. The molecular weight excluding hydrogens is 352 g/mol. The monoisotopic (exact) mass is 372 g/mol. The molecule has 0 radical (unpaired) electrons. The molecule has 0 aliphatic carbocycles. The fourth-order valence-electron chi connectivity index (χ4n) is 3.04. The van der Waals surface area contributed by atoms with Crippen molar-refractivity contribution in [3.8, 4) is 11.3 Å². The smallest absolute Gasteiger partial charge is 0.255 e. The second kappa shape index (κ2) is 7.92. The lowest BCUT2D eigenvalue weighted by atomic mass is 10.1. The summed E-state index contributed by atoms with van der Waals surface area (Å²) in [5.74, 6) is 0.495. The zero-order valence-corrected chi connectivity index (χ0v) is 15.4. The third-order valence-electron chi connectivity index (χ3n) is 4.45. The van der Waals surface area contributed by atoms with Crippen LogP contribution in [0.15, 0.2) is 83.9 Å². The number of hydrogen-bond donors (Lipinski definition) is 1. The fourth-order valence-corrected chi connectivity index (χ4v) is 3.04. The van der Waals surface area contributed by atoms with E-state index in [1.807, 2.05) is 55.5 Å². The second-order valence-electron chi connectivity index (χ2n) is 6.53. The van der Waals surface area contributed by atoms with Crippen LogP contribution in [0.25, 0.3) is 11.3 Å². The minimum Gasteiger partial charge on any atom is -0.467 e. The summed E-state index contributed by atoms with van der Waals surface area (Å²) in [6.07, 6.45) is 6.78. The Labute approximate surface area is 162 Å². The standard InChI is InChI=1S/C22H20N4O2/c1-16(20-10-6-12-28-20)24-22(27)19-15-26(14-17-7-3-2-4-8-17)25-21(19)18-9-5-11-23-13-18/h2-13,15-16H,14H2,1H3,(H,24,27). The number of carbonyl (C=O) groups excluding carboxylic acids is 1. The summed E-state index contributed by atoms with van der Waals surface area (Å²) in [5.41, 5.74) is 3.01. The number of nitrogens with zero attached hydrogens (tertiary/aromatic N) is 3. The van der Waals surface area contributed by atoms with Crippen LogP contribution in [0, 0.1) is 0 Å². The van der Waals surface area contributed by atoms with Gasteiger partial charge in [-0.1, -0.05) is 30.3 Å². The number of hydrogen-bond acceptors (Lipinski definition) is 4. The van der Waals surface area contributed by atoms with Crippen molar-refractivity contribution in [1.82, 2.24) is 20.1 Å². The van der Waals surface area contributed by atoms with Gasteiger partial charge >= 0.3 is 0 Å². The molecule has 1 atom stereocenters. The third-order valence-corrected chi connectivity index (χ3v) is 4.45. The zero-order valence-electron chi connectivity index (χ0n) is 15.4. The van der Waals surface area contributed by atoms with Crippen LogP contribution in [0.5, 0.6) is 0 Å². The summed E-state index contributed by atoms with van der Waals surface area (Å²) in [5, 5.41) is 7.64. The van der Waals surface area contributed by atoms with Crippen LogP contribution in [0.1, 0.15) is 34.6 Å². The lowest BCUT2D eigenvalue weighted by molar-refractivity contribution is 0.0936. The summed E-state index contributed by atoms with van der Waals surface area (Å²) < 4.78 is 7.17. The van der Waals surface area contributed by atoms with Gasteiger partial charge in [-0.05, 0) is 36.8 Å². The van der Waals surface area contributed by atoms with Gasteiger partial charge in [-0.3, -0.25) is 14.5 Å². The maximum Gasteiger partial charge on any atom is 0.255 e. The number of pyridine rings is 1. The first-order valence-electron chi connectivity index (χ1n) is 9.07. The predicted molar refractivity (Wildman–Crippen MR) is 106 cm³/mol. The first-order valence-corrected chi connectivity index (χ1v) is 9.07. The number of furan rings is 1. The van der Waals surface area contributed by atoms with E-state index in [9.17, 15) is 4.79 Å².